The zero-order valence-electron chi connectivity index (χ0n) is 13.4. The molecule has 1 N–H and O–H groups in total. The summed E-state index contributed by atoms with van der Waals surface area (Å²) in [6.45, 7) is 2.64. The third-order valence-electron chi connectivity index (χ3n) is 3.74. The van der Waals surface area contributed by atoms with Gasteiger partial charge in [0.25, 0.3) is 0 Å². The van der Waals surface area contributed by atoms with Crippen LogP contribution in [0.2, 0.25) is 0 Å². The lowest BCUT2D eigenvalue weighted by Gasteiger charge is -2.19. The number of fused-ring (bicyclic) bond motifs is 1. The van der Waals surface area contributed by atoms with E-state index in [0.29, 0.717) is 6.61 Å². The van der Waals surface area contributed by atoms with E-state index >= 15 is 0 Å². The molecule has 1 aliphatic heterocycles. The average molecular weight is 415 g/mol. The number of hydrogen-bond acceptors (Lipinski definition) is 5. The monoisotopic (exact) mass is 414 g/mol. The van der Waals surface area contributed by atoms with Crippen LogP contribution in [-0.2, 0) is 0 Å². The zero-order valence-corrected chi connectivity index (χ0v) is 15.8. The van der Waals surface area contributed by atoms with E-state index in [9.17, 15) is 0 Å². The molecule has 0 spiro atoms. The SMILES string of the molecule is CCOc1ccc(C2=CSc3nnc(-c4ccccc4Br)n3N2)cc1. The second-order valence-corrected chi connectivity index (χ2v) is 7.03. The number of nitrogens with one attached hydrogen (secondary N) is 1. The van der Waals surface area contributed by atoms with Crippen LogP contribution in [0.25, 0.3) is 17.1 Å². The number of thioether (sulfide) groups is 1. The summed E-state index contributed by atoms with van der Waals surface area (Å²) in [7, 11) is 0. The number of ether oxygens (including phenoxy) is 1. The number of halogens is 1. The summed E-state index contributed by atoms with van der Waals surface area (Å²) in [5, 5.41) is 11.5. The molecule has 0 atom stereocenters. The number of nitrogens with zero attached hydrogens (tertiary/aromatic N) is 3. The van der Waals surface area contributed by atoms with Crippen LogP contribution in [0.3, 0.4) is 0 Å². The Morgan fingerprint density at radius 2 is 1.92 bits per heavy atom. The summed E-state index contributed by atoms with van der Waals surface area (Å²) in [4.78, 5) is 0. The molecule has 5 nitrogen and oxygen atoms in total. The molecule has 2 heterocycles. The molecule has 0 fully saturated rings. The largest absolute Gasteiger partial charge is 0.494 e. The summed E-state index contributed by atoms with van der Waals surface area (Å²) in [5.41, 5.74) is 6.47. The van der Waals surface area contributed by atoms with Gasteiger partial charge in [-0.3, -0.25) is 5.43 Å². The molecule has 0 amide bonds. The van der Waals surface area contributed by atoms with Crippen LogP contribution in [0, 0.1) is 0 Å². The first-order valence-corrected chi connectivity index (χ1v) is 9.51. The van der Waals surface area contributed by atoms with E-state index in [4.69, 9.17) is 4.74 Å². The molecule has 0 radical (unpaired) electrons. The number of rotatable bonds is 4. The molecule has 7 heteroatoms. The van der Waals surface area contributed by atoms with Crippen LogP contribution in [0.4, 0.5) is 0 Å². The van der Waals surface area contributed by atoms with Gasteiger partial charge >= 0.3 is 0 Å². The maximum Gasteiger partial charge on any atom is 0.214 e. The second kappa shape index (κ2) is 6.93. The Kier molecular flexibility index (Phi) is 4.50. The van der Waals surface area contributed by atoms with Crippen molar-refractivity contribution in [3.63, 3.8) is 0 Å². The minimum absolute atomic E-state index is 0.662. The van der Waals surface area contributed by atoms with E-state index in [1.54, 1.807) is 11.8 Å². The fourth-order valence-corrected chi connectivity index (χ4v) is 3.75. The number of hydrogen-bond donors (Lipinski definition) is 1. The van der Waals surface area contributed by atoms with Crippen molar-refractivity contribution in [2.75, 3.05) is 12.0 Å². The topological polar surface area (TPSA) is 52.0 Å². The predicted molar refractivity (Wildman–Crippen MR) is 104 cm³/mol. The Bertz CT molecular complexity index is 937. The van der Waals surface area contributed by atoms with Gasteiger partial charge in [-0.05, 0) is 43.3 Å². The van der Waals surface area contributed by atoms with Crippen LogP contribution in [0.5, 0.6) is 5.75 Å². The Morgan fingerprint density at radius 1 is 1.12 bits per heavy atom. The first-order chi connectivity index (χ1) is 12.3. The summed E-state index contributed by atoms with van der Waals surface area (Å²) in [5.74, 6) is 1.64. The van der Waals surface area contributed by atoms with Crippen LogP contribution in [0.15, 0.2) is 63.6 Å². The van der Waals surface area contributed by atoms with Gasteiger partial charge in [0.15, 0.2) is 5.82 Å². The standard InChI is InChI=1S/C18H15BrN4OS/c1-2-24-13-9-7-12(8-10-13)16-11-25-18-21-20-17(23(18)22-16)14-5-3-4-6-15(14)19/h3-11,22H,2H2,1H3. The van der Waals surface area contributed by atoms with E-state index in [2.05, 4.69) is 31.6 Å². The molecular formula is C18H15BrN4OS. The third kappa shape index (κ3) is 3.17. The van der Waals surface area contributed by atoms with Gasteiger partial charge < -0.3 is 4.74 Å². The van der Waals surface area contributed by atoms with Gasteiger partial charge in [0.2, 0.25) is 5.16 Å². The lowest BCUT2D eigenvalue weighted by Crippen LogP contribution is -2.18. The fourth-order valence-electron chi connectivity index (χ4n) is 2.55. The molecule has 1 aromatic heterocycles. The lowest BCUT2D eigenvalue weighted by atomic mass is 10.2. The number of benzene rings is 2. The highest BCUT2D eigenvalue weighted by atomic mass is 79.9. The fraction of sp³-hybridized carbons (Fsp3) is 0.111. The highest BCUT2D eigenvalue weighted by Gasteiger charge is 2.20. The molecule has 2 aromatic carbocycles. The summed E-state index contributed by atoms with van der Waals surface area (Å²) < 4.78 is 8.40. The minimum atomic E-state index is 0.662. The highest BCUT2D eigenvalue weighted by molar-refractivity contribution is 9.10. The zero-order chi connectivity index (χ0) is 17.2. The van der Waals surface area contributed by atoms with Crippen molar-refractivity contribution in [2.24, 2.45) is 0 Å². The van der Waals surface area contributed by atoms with Crippen molar-refractivity contribution in [2.45, 2.75) is 12.1 Å². The quantitative estimate of drug-likeness (QED) is 0.666. The highest BCUT2D eigenvalue weighted by Crippen LogP contribution is 2.33. The van der Waals surface area contributed by atoms with Gasteiger partial charge in [-0.25, -0.2) is 4.68 Å². The van der Waals surface area contributed by atoms with Gasteiger partial charge in [-0.2, -0.15) is 0 Å². The predicted octanol–water partition coefficient (Wildman–Crippen LogP) is 4.75. The Morgan fingerprint density at radius 3 is 2.68 bits per heavy atom. The van der Waals surface area contributed by atoms with Crippen molar-refractivity contribution in [1.82, 2.24) is 14.9 Å². The maximum atomic E-state index is 5.51. The molecule has 3 aromatic rings. The van der Waals surface area contributed by atoms with Crippen molar-refractivity contribution in [1.29, 1.82) is 0 Å². The van der Waals surface area contributed by atoms with Gasteiger partial charge in [0.1, 0.15) is 5.75 Å². The maximum absolute atomic E-state index is 5.51. The Balaban J connectivity index is 1.65. The van der Waals surface area contributed by atoms with Crippen LogP contribution >= 0.6 is 27.7 Å². The minimum Gasteiger partial charge on any atom is -0.494 e. The molecule has 0 saturated heterocycles. The van der Waals surface area contributed by atoms with Crippen LogP contribution in [0.1, 0.15) is 12.5 Å². The van der Waals surface area contributed by atoms with Gasteiger partial charge in [-0.1, -0.05) is 39.8 Å². The smallest absolute Gasteiger partial charge is 0.214 e. The van der Waals surface area contributed by atoms with Gasteiger partial charge in [-0.15, -0.1) is 10.2 Å². The first-order valence-electron chi connectivity index (χ1n) is 7.83. The molecule has 1 aliphatic rings. The molecule has 0 aliphatic carbocycles. The van der Waals surface area contributed by atoms with Crippen molar-refractivity contribution in [3.05, 3.63) is 64.0 Å². The molecule has 0 saturated carbocycles. The summed E-state index contributed by atoms with van der Waals surface area (Å²) >= 11 is 5.13. The van der Waals surface area contributed by atoms with Gasteiger partial charge in [0.05, 0.1) is 12.3 Å². The second-order valence-electron chi connectivity index (χ2n) is 5.34. The molecular weight excluding hydrogens is 400 g/mol. The molecule has 0 bridgehead atoms. The van der Waals surface area contributed by atoms with Crippen molar-refractivity contribution < 1.29 is 4.74 Å². The van der Waals surface area contributed by atoms with Crippen molar-refractivity contribution in [3.8, 4) is 17.1 Å². The molecule has 25 heavy (non-hydrogen) atoms. The molecule has 0 unspecified atom stereocenters. The van der Waals surface area contributed by atoms with E-state index in [1.165, 1.54) is 0 Å². The van der Waals surface area contributed by atoms with E-state index in [-0.39, 0.29) is 0 Å². The van der Waals surface area contributed by atoms with Crippen molar-refractivity contribution >= 4 is 33.4 Å². The summed E-state index contributed by atoms with van der Waals surface area (Å²) in [6.07, 6.45) is 0. The normalized spacial score (nSPS) is 13.0. The lowest BCUT2D eigenvalue weighted by molar-refractivity contribution is 0.340. The average Bonchev–Trinajstić information content (AvgIpc) is 3.06. The van der Waals surface area contributed by atoms with E-state index in [0.717, 1.165) is 38.0 Å². The Hall–Kier alpha value is -2.25. The van der Waals surface area contributed by atoms with Crippen LogP contribution in [-0.4, -0.2) is 21.5 Å². The Labute approximate surface area is 158 Å². The summed E-state index contributed by atoms with van der Waals surface area (Å²) in [6, 6.07) is 16.0. The van der Waals surface area contributed by atoms with E-state index < -0.39 is 0 Å². The van der Waals surface area contributed by atoms with E-state index in [1.807, 2.05) is 65.5 Å². The number of aromatic nitrogens is 3. The third-order valence-corrected chi connectivity index (χ3v) is 5.26. The van der Waals surface area contributed by atoms with Crippen LogP contribution < -0.4 is 10.2 Å². The van der Waals surface area contributed by atoms with Gasteiger partial charge in [0, 0.05) is 21.0 Å². The molecule has 4 rings (SSSR count). The molecule has 126 valence electrons. The first kappa shape index (κ1) is 16.2.